The predicted octanol–water partition coefficient (Wildman–Crippen LogP) is 4.67. The van der Waals surface area contributed by atoms with Crippen LogP contribution in [0.5, 0.6) is 0 Å². The molecule has 1 N–H and O–H groups in total. The number of pyridine rings is 1. The number of amides is 1. The molecule has 0 aliphatic carbocycles. The molecule has 1 aliphatic heterocycles. The number of benzene rings is 2. The Balaban J connectivity index is 1.31. The smallest absolute Gasteiger partial charge is 0.255 e. The van der Waals surface area contributed by atoms with E-state index in [-0.39, 0.29) is 5.91 Å². The van der Waals surface area contributed by atoms with E-state index in [2.05, 4.69) is 36.4 Å². The zero-order chi connectivity index (χ0) is 22.6. The number of para-hydroxylation sites is 1. The molecule has 0 spiro atoms. The number of nitrogens with one attached hydrogen (secondary N) is 1. The number of halogens is 1. The van der Waals surface area contributed by atoms with Gasteiger partial charge in [0, 0.05) is 5.39 Å². The maximum Gasteiger partial charge on any atom is 0.255 e. The molecule has 6 heteroatoms. The molecule has 166 valence electrons. The van der Waals surface area contributed by atoms with Crippen LogP contribution >= 0.6 is 22.9 Å². The number of hydrogen-bond donors (Lipinski definition) is 1. The number of carbonyl (C=O) groups is 1. The van der Waals surface area contributed by atoms with E-state index >= 15 is 0 Å². The van der Waals surface area contributed by atoms with Gasteiger partial charge >= 0.3 is 0 Å². The summed E-state index contributed by atoms with van der Waals surface area (Å²) in [5.41, 5.74) is 3.56. The number of piperazine rings is 1. The minimum atomic E-state index is 0.0800. The van der Waals surface area contributed by atoms with Gasteiger partial charge in [0.1, 0.15) is 0 Å². The van der Waals surface area contributed by atoms with Crippen molar-refractivity contribution in [2.24, 2.45) is 0 Å². The topological polar surface area (TPSA) is 37.6 Å². The second-order valence-corrected chi connectivity index (χ2v) is 9.95. The van der Waals surface area contributed by atoms with Crippen LogP contribution in [0.2, 0.25) is 4.34 Å². The summed E-state index contributed by atoms with van der Waals surface area (Å²) in [5.74, 6) is 0.0800. The fourth-order valence-electron chi connectivity index (χ4n) is 4.26. The van der Waals surface area contributed by atoms with Crippen LogP contribution in [-0.2, 0) is 0 Å². The molecule has 0 atom stereocenters. The van der Waals surface area contributed by atoms with E-state index in [4.69, 9.17) is 16.6 Å². The number of hydrogen-bond acceptors (Lipinski definition) is 3. The van der Waals surface area contributed by atoms with Gasteiger partial charge in [0.25, 0.3) is 5.91 Å². The molecular formula is C27H25ClN3OS+. The third-order valence-electron chi connectivity index (χ3n) is 6.05. The fraction of sp³-hybridized carbons (Fsp3) is 0.185. The van der Waals surface area contributed by atoms with Gasteiger partial charge in [0.15, 0.2) is 0 Å². The highest BCUT2D eigenvalue weighted by molar-refractivity contribution is 7.19. The van der Waals surface area contributed by atoms with Crippen molar-refractivity contribution in [1.82, 2.24) is 9.88 Å². The molecule has 0 radical (unpaired) electrons. The van der Waals surface area contributed by atoms with Crippen LogP contribution < -0.4 is 4.90 Å². The Kier molecular flexibility index (Phi) is 6.53. The molecule has 1 amide bonds. The van der Waals surface area contributed by atoms with Crippen LogP contribution in [0.25, 0.3) is 27.6 Å². The number of quaternary nitrogens is 1. The molecule has 0 saturated carbocycles. The third kappa shape index (κ3) is 5.01. The van der Waals surface area contributed by atoms with Crippen LogP contribution in [0.3, 0.4) is 0 Å². The maximum atomic E-state index is 13.6. The highest BCUT2D eigenvalue weighted by Crippen LogP contribution is 2.32. The predicted molar refractivity (Wildman–Crippen MR) is 137 cm³/mol. The van der Waals surface area contributed by atoms with Crippen molar-refractivity contribution in [3.05, 3.63) is 94.3 Å². The average molecular weight is 475 g/mol. The van der Waals surface area contributed by atoms with Gasteiger partial charge in [0.05, 0.1) is 58.7 Å². The lowest BCUT2D eigenvalue weighted by molar-refractivity contribution is -0.898. The summed E-state index contributed by atoms with van der Waals surface area (Å²) < 4.78 is 0.716. The number of nitrogens with zero attached hydrogens (tertiary/aromatic N) is 2. The quantitative estimate of drug-likeness (QED) is 0.456. The van der Waals surface area contributed by atoms with Gasteiger partial charge < -0.3 is 9.80 Å². The Hall–Kier alpha value is -2.99. The lowest BCUT2D eigenvalue weighted by Gasteiger charge is -2.32. The van der Waals surface area contributed by atoms with E-state index in [0.717, 1.165) is 54.2 Å². The molecule has 2 aromatic carbocycles. The molecule has 1 saturated heterocycles. The number of rotatable bonds is 5. The number of carbonyl (C=O) groups excluding carboxylic acids is 1. The van der Waals surface area contributed by atoms with Crippen LogP contribution in [0.4, 0.5) is 0 Å². The minimum absolute atomic E-state index is 0.0800. The van der Waals surface area contributed by atoms with E-state index in [0.29, 0.717) is 9.90 Å². The van der Waals surface area contributed by atoms with Gasteiger partial charge in [-0.15, -0.1) is 11.3 Å². The molecule has 2 aromatic heterocycles. The molecular weight excluding hydrogens is 450 g/mol. The first-order valence-electron chi connectivity index (χ1n) is 11.2. The van der Waals surface area contributed by atoms with Crippen LogP contribution in [-0.4, -0.2) is 48.5 Å². The summed E-state index contributed by atoms with van der Waals surface area (Å²) >= 11 is 7.63. The summed E-state index contributed by atoms with van der Waals surface area (Å²) in [6.45, 7) is 4.37. The Morgan fingerprint density at radius 2 is 1.79 bits per heavy atom. The number of fused-ring (bicyclic) bond motifs is 1. The average Bonchev–Trinajstić information content (AvgIpc) is 3.30. The van der Waals surface area contributed by atoms with E-state index < -0.39 is 0 Å². The van der Waals surface area contributed by atoms with Gasteiger partial charge in [0.2, 0.25) is 0 Å². The maximum absolute atomic E-state index is 13.6. The Morgan fingerprint density at radius 3 is 2.55 bits per heavy atom. The van der Waals surface area contributed by atoms with Crippen molar-refractivity contribution >= 4 is 45.8 Å². The zero-order valence-electron chi connectivity index (χ0n) is 18.2. The summed E-state index contributed by atoms with van der Waals surface area (Å²) in [6.07, 6.45) is 4.41. The second-order valence-electron chi connectivity index (χ2n) is 8.24. The first-order valence-corrected chi connectivity index (χ1v) is 12.4. The standard InChI is InChI=1S/C27H24ClN3OS/c28-26-13-12-25(33-26)24-19-22(21-10-4-5-11-23(21)29-24)27(32)31-17-15-30(16-18-31)14-6-9-20-7-2-1-3-8-20/h1-13,19H,14-18H2/p+1/b9-6+. The summed E-state index contributed by atoms with van der Waals surface area (Å²) in [7, 11) is 0. The van der Waals surface area contributed by atoms with E-state index in [1.54, 1.807) is 0 Å². The number of aromatic nitrogens is 1. The normalized spacial score (nSPS) is 14.9. The Labute approximate surface area is 202 Å². The SMILES string of the molecule is O=C(c1cc(-c2ccc(Cl)s2)nc2ccccc12)N1CC[NH+](C/C=C/c2ccccc2)CC1. The van der Waals surface area contributed by atoms with Crippen LogP contribution in [0.1, 0.15) is 15.9 Å². The van der Waals surface area contributed by atoms with Crippen LogP contribution in [0, 0.1) is 0 Å². The highest BCUT2D eigenvalue weighted by Gasteiger charge is 2.26. The Bertz CT molecular complexity index is 1290. The zero-order valence-corrected chi connectivity index (χ0v) is 19.8. The molecule has 5 rings (SSSR count). The monoisotopic (exact) mass is 474 g/mol. The van der Waals surface area contributed by atoms with E-state index in [1.807, 2.05) is 53.4 Å². The summed E-state index contributed by atoms with van der Waals surface area (Å²) in [6, 6.07) is 24.0. The Morgan fingerprint density at radius 1 is 1.03 bits per heavy atom. The third-order valence-corrected chi connectivity index (χ3v) is 7.30. The van der Waals surface area contributed by atoms with Crippen molar-refractivity contribution in [2.45, 2.75) is 0 Å². The van der Waals surface area contributed by atoms with Gasteiger partial charge in [-0.3, -0.25) is 4.79 Å². The van der Waals surface area contributed by atoms with Crippen molar-refractivity contribution in [3.63, 3.8) is 0 Å². The van der Waals surface area contributed by atoms with Gasteiger partial charge in [-0.25, -0.2) is 4.98 Å². The minimum Gasteiger partial charge on any atom is -0.329 e. The van der Waals surface area contributed by atoms with Crippen molar-refractivity contribution < 1.29 is 9.69 Å². The first kappa shape index (κ1) is 21.8. The highest BCUT2D eigenvalue weighted by atomic mass is 35.5. The van der Waals surface area contributed by atoms with Gasteiger partial charge in [-0.2, -0.15) is 0 Å². The van der Waals surface area contributed by atoms with Crippen molar-refractivity contribution in [3.8, 4) is 10.6 Å². The molecule has 0 bridgehead atoms. The van der Waals surface area contributed by atoms with Gasteiger partial charge in [-0.1, -0.05) is 66.2 Å². The fourth-order valence-corrected chi connectivity index (χ4v) is 5.26. The van der Waals surface area contributed by atoms with Crippen molar-refractivity contribution in [1.29, 1.82) is 0 Å². The summed E-state index contributed by atoms with van der Waals surface area (Å²) in [4.78, 5) is 22.8. The molecule has 4 nitrogen and oxygen atoms in total. The first-order chi connectivity index (χ1) is 16.2. The molecule has 4 aromatic rings. The molecule has 33 heavy (non-hydrogen) atoms. The molecule has 3 heterocycles. The molecule has 1 fully saturated rings. The van der Waals surface area contributed by atoms with E-state index in [1.165, 1.54) is 21.8 Å². The molecule has 0 unspecified atom stereocenters. The van der Waals surface area contributed by atoms with Crippen LogP contribution in [0.15, 0.2) is 78.9 Å². The van der Waals surface area contributed by atoms with Gasteiger partial charge in [-0.05, 0) is 35.9 Å². The largest absolute Gasteiger partial charge is 0.329 e. The lowest BCUT2D eigenvalue weighted by atomic mass is 10.1. The van der Waals surface area contributed by atoms with Crippen molar-refractivity contribution in [2.75, 3.05) is 32.7 Å². The number of thiophene rings is 1. The second kappa shape index (κ2) is 9.87. The summed E-state index contributed by atoms with van der Waals surface area (Å²) in [5, 5.41) is 0.898. The molecule has 1 aliphatic rings. The van der Waals surface area contributed by atoms with E-state index in [9.17, 15) is 4.79 Å². The lowest BCUT2D eigenvalue weighted by Crippen LogP contribution is -3.14.